The van der Waals surface area contributed by atoms with E-state index in [0.717, 1.165) is 28.1 Å². The average molecular weight is 504 g/mol. The van der Waals surface area contributed by atoms with Crippen molar-refractivity contribution >= 4 is 27.5 Å². The predicted molar refractivity (Wildman–Crippen MR) is 134 cm³/mol. The van der Waals surface area contributed by atoms with Gasteiger partial charge in [0.15, 0.2) is 11.5 Å². The molecular formula is C25H33N3O6S. The minimum absolute atomic E-state index is 0.0453. The Morgan fingerprint density at radius 2 is 1.80 bits per heavy atom. The van der Waals surface area contributed by atoms with Crippen LogP contribution in [0.2, 0.25) is 0 Å². The molecule has 1 N–H and O–H groups in total. The first-order valence-electron chi connectivity index (χ1n) is 11.5. The van der Waals surface area contributed by atoms with E-state index in [1.165, 1.54) is 11.0 Å². The summed E-state index contributed by atoms with van der Waals surface area (Å²) in [6, 6.07) is 11.5. The summed E-state index contributed by atoms with van der Waals surface area (Å²) in [5, 5.41) is 2.91. The first-order valence-corrected chi connectivity index (χ1v) is 13.4. The fraction of sp³-hybridized carbons (Fsp3) is 0.440. The maximum atomic E-state index is 13.6. The van der Waals surface area contributed by atoms with E-state index in [1.54, 1.807) is 19.1 Å². The van der Waals surface area contributed by atoms with Gasteiger partial charge in [-0.15, -0.1) is 0 Å². The van der Waals surface area contributed by atoms with Crippen LogP contribution in [0.5, 0.6) is 11.5 Å². The highest BCUT2D eigenvalue weighted by Crippen LogP contribution is 2.36. The lowest BCUT2D eigenvalue weighted by Crippen LogP contribution is -2.52. The summed E-state index contributed by atoms with van der Waals surface area (Å²) in [5.41, 5.74) is 2.14. The second-order valence-corrected chi connectivity index (χ2v) is 10.7. The number of aryl methyl sites for hydroxylation is 1. The van der Waals surface area contributed by atoms with Gasteiger partial charge in [-0.2, -0.15) is 0 Å². The number of rotatable bonds is 10. The van der Waals surface area contributed by atoms with Crippen molar-refractivity contribution in [2.24, 2.45) is 0 Å². The monoisotopic (exact) mass is 503 g/mol. The molecule has 9 nitrogen and oxygen atoms in total. The Kier molecular flexibility index (Phi) is 8.26. The number of amides is 2. The van der Waals surface area contributed by atoms with E-state index in [9.17, 15) is 18.0 Å². The van der Waals surface area contributed by atoms with Gasteiger partial charge in [-0.3, -0.25) is 13.9 Å². The number of sulfonamides is 1. The van der Waals surface area contributed by atoms with E-state index in [4.69, 9.17) is 9.47 Å². The standard InChI is InChI=1S/C25H33N3O6S/c1-6-18(3)26-25(30)19(4)27(14-20-9-7-8-17(2)12-20)24(29)15-28(35(5,31)32)21-10-11-22-23(13-21)34-16-33-22/h7-13,18-19H,6,14-16H2,1-5H3,(H,26,30)/t18-,19+/m0/s1. The molecule has 2 amide bonds. The Labute approximate surface area is 207 Å². The molecule has 0 aromatic heterocycles. The summed E-state index contributed by atoms with van der Waals surface area (Å²) in [6.07, 6.45) is 1.78. The number of nitrogens with zero attached hydrogens (tertiary/aromatic N) is 2. The molecule has 1 aliphatic rings. The third-order valence-corrected chi connectivity index (χ3v) is 7.07. The normalized spacial score (nSPS) is 14.2. The Morgan fingerprint density at radius 3 is 2.46 bits per heavy atom. The van der Waals surface area contributed by atoms with Gasteiger partial charge in [-0.25, -0.2) is 8.42 Å². The summed E-state index contributed by atoms with van der Waals surface area (Å²) in [6.45, 7) is 7.18. The first kappa shape index (κ1) is 26.3. The van der Waals surface area contributed by atoms with Crippen LogP contribution in [0, 0.1) is 6.92 Å². The Morgan fingerprint density at radius 1 is 1.09 bits per heavy atom. The van der Waals surface area contributed by atoms with E-state index >= 15 is 0 Å². The van der Waals surface area contributed by atoms with Crippen LogP contribution >= 0.6 is 0 Å². The molecule has 2 aromatic carbocycles. The van der Waals surface area contributed by atoms with Gasteiger partial charge in [-0.1, -0.05) is 36.8 Å². The van der Waals surface area contributed by atoms with E-state index in [1.807, 2.05) is 45.0 Å². The molecule has 0 radical (unpaired) electrons. The van der Waals surface area contributed by atoms with E-state index < -0.39 is 28.5 Å². The van der Waals surface area contributed by atoms with E-state index in [-0.39, 0.29) is 31.0 Å². The lowest BCUT2D eigenvalue weighted by Gasteiger charge is -2.32. The van der Waals surface area contributed by atoms with Crippen molar-refractivity contribution in [3.05, 3.63) is 53.6 Å². The van der Waals surface area contributed by atoms with Crippen LogP contribution in [0.4, 0.5) is 5.69 Å². The molecule has 0 spiro atoms. The minimum Gasteiger partial charge on any atom is -0.454 e. The fourth-order valence-electron chi connectivity index (χ4n) is 3.71. The van der Waals surface area contributed by atoms with Crippen LogP contribution in [0.15, 0.2) is 42.5 Å². The smallest absolute Gasteiger partial charge is 0.244 e. The third-order valence-electron chi connectivity index (χ3n) is 5.93. The molecule has 0 saturated carbocycles. The van der Waals surface area contributed by atoms with E-state index in [0.29, 0.717) is 11.5 Å². The molecular weight excluding hydrogens is 470 g/mol. The van der Waals surface area contributed by atoms with Crippen LogP contribution in [-0.4, -0.2) is 56.8 Å². The summed E-state index contributed by atoms with van der Waals surface area (Å²) < 4.78 is 37.1. The number of carbonyl (C=O) groups is 2. The quantitative estimate of drug-likeness (QED) is 0.535. The largest absolute Gasteiger partial charge is 0.454 e. The number of hydrogen-bond donors (Lipinski definition) is 1. The van der Waals surface area contributed by atoms with Gasteiger partial charge in [-0.05, 0) is 44.9 Å². The molecule has 1 aliphatic heterocycles. The van der Waals surface area contributed by atoms with Crippen molar-refractivity contribution in [3.63, 3.8) is 0 Å². The maximum Gasteiger partial charge on any atom is 0.244 e. The van der Waals surface area contributed by atoms with Crippen molar-refractivity contribution in [2.45, 2.75) is 52.7 Å². The molecule has 1 heterocycles. The molecule has 35 heavy (non-hydrogen) atoms. The van der Waals surface area contributed by atoms with Gasteiger partial charge in [0, 0.05) is 18.7 Å². The van der Waals surface area contributed by atoms with Gasteiger partial charge in [0.1, 0.15) is 12.6 Å². The zero-order valence-corrected chi connectivity index (χ0v) is 21.6. The average Bonchev–Trinajstić information content (AvgIpc) is 3.27. The number of ether oxygens (including phenoxy) is 2. The van der Waals surface area contributed by atoms with Gasteiger partial charge in [0.2, 0.25) is 28.6 Å². The molecule has 2 atom stereocenters. The molecule has 0 fully saturated rings. The van der Waals surface area contributed by atoms with Crippen molar-refractivity contribution < 1.29 is 27.5 Å². The van der Waals surface area contributed by atoms with Crippen LogP contribution < -0.4 is 19.1 Å². The van der Waals surface area contributed by atoms with Crippen LogP contribution in [0.1, 0.15) is 38.3 Å². The van der Waals surface area contributed by atoms with Crippen molar-refractivity contribution in [2.75, 3.05) is 23.9 Å². The molecule has 0 saturated heterocycles. The number of carbonyl (C=O) groups excluding carboxylic acids is 2. The molecule has 2 aromatic rings. The van der Waals surface area contributed by atoms with Crippen molar-refractivity contribution in [1.29, 1.82) is 0 Å². The van der Waals surface area contributed by atoms with Gasteiger partial charge in [0.25, 0.3) is 0 Å². The lowest BCUT2D eigenvalue weighted by atomic mass is 10.1. The number of anilines is 1. The summed E-state index contributed by atoms with van der Waals surface area (Å²) in [5.74, 6) is 0.113. The molecule has 0 unspecified atom stereocenters. The van der Waals surface area contributed by atoms with Crippen molar-refractivity contribution in [3.8, 4) is 11.5 Å². The maximum absolute atomic E-state index is 13.6. The van der Waals surface area contributed by atoms with Gasteiger partial charge < -0.3 is 19.7 Å². The minimum atomic E-state index is -3.82. The number of nitrogens with one attached hydrogen (secondary N) is 1. The highest BCUT2D eigenvalue weighted by molar-refractivity contribution is 7.92. The van der Waals surface area contributed by atoms with Crippen LogP contribution in [0.3, 0.4) is 0 Å². The molecule has 10 heteroatoms. The molecule has 190 valence electrons. The highest BCUT2D eigenvalue weighted by atomic mass is 32.2. The van der Waals surface area contributed by atoms with E-state index in [2.05, 4.69) is 5.32 Å². The number of fused-ring (bicyclic) bond motifs is 1. The fourth-order valence-corrected chi connectivity index (χ4v) is 4.55. The summed E-state index contributed by atoms with van der Waals surface area (Å²) >= 11 is 0. The zero-order chi connectivity index (χ0) is 25.8. The second-order valence-electron chi connectivity index (χ2n) is 8.81. The zero-order valence-electron chi connectivity index (χ0n) is 20.8. The Balaban J connectivity index is 1.91. The Bertz CT molecular complexity index is 1180. The van der Waals surface area contributed by atoms with Crippen molar-refractivity contribution in [1.82, 2.24) is 10.2 Å². The molecule has 0 bridgehead atoms. The van der Waals surface area contributed by atoms with Crippen LogP contribution in [-0.2, 0) is 26.2 Å². The predicted octanol–water partition coefficient (Wildman–Crippen LogP) is 2.82. The topological polar surface area (TPSA) is 105 Å². The Hall–Kier alpha value is -3.27. The first-order chi connectivity index (χ1) is 16.5. The molecule has 0 aliphatic carbocycles. The van der Waals surface area contributed by atoms with Gasteiger partial charge >= 0.3 is 0 Å². The highest BCUT2D eigenvalue weighted by Gasteiger charge is 2.31. The molecule has 3 rings (SSSR count). The lowest BCUT2D eigenvalue weighted by molar-refractivity contribution is -0.139. The second kappa shape index (κ2) is 11.0. The number of hydrogen-bond acceptors (Lipinski definition) is 6. The number of benzene rings is 2. The summed E-state index contributed by atoms with van der Waals surface area (Å²) in [7, 11) is -3.82. The van der Waals surface area contributed by atoms with Gasteiger partial charge in [0.05, 0.1) is 11.9 Å². The third kappa shape index (κ3) is 6.66. The SMILES string of the molecule is CC[C@H](C)NC(=O)[C@@H](C)N(Cc1cccc(C)c1)C(=O)CN(c1ccc2c(c1)OCO2)S(C)(=O)=O. The van der Waals surface area contributed by atoms with Crippen LogP contribution in [0.25, 0.3) is 0 Å². The summed E-state index contributed by atoms with van der Waals surface area (Å²) in [4.78, 5) is 27.9.